The van der Waals surface area contributed by atoms with Gasteiger partial charge in [-0.3, -0.25) is 0 Å². The molecule has 2 aromatic carbocycles. The molecule has 2 nitrogen and oxygen atoms in total. The molecular formula is C17H21NO. The Morgan fingerprint density at radius 1 is 0.895 bits per heavy atom. The van der Waals surface area contributed by atoms with Crippen molar-refractivity contribution >= 4 is 11.4 Å². The van der Waals surface area contributed by atoms with Crippen LogP contribution in [0.3, 0.4) is 0 Å². The Labute approximate surface area is 115 Å². The minimum atomic E-state index is 0.183. The summed E-state index contributed by atoms with van der Waals surface area (Å²) >= 11 is 0. The molecule has 0 fully saturated rings. The minimum absolute atomic E-state index is 0.183. The molecule has 2 heteroatoms. The molecule has 19 heavy (non-hydrogen) atoms. The van der Waals surface area contributed by atoms with Gasteiger partial charge in [0.1, 0.15) is 5.75 Å². The van der Waals surface area contributed by atoms with Crippen molar-refractivity contribution in [2.24, 2.45) is 0 Å². The molecule has 1 N–H and O–H groups in total. The van der Waals surface area contributed by atoms with E-state index < -0.39 is 0 Å². The van der Waals surface area contributed by atoms with Crippen LogP contribution in [-0.2, 0) is 5.41 Å². The van der Waals surface area contributed by atoms with Crippen molar-refractivity contribution in [3.8, 4) is 5.75 Å². The van der Waals surface area contributed by atoms with Crippen LogP contribution in [0.5, 0.6) is 5.75 Å². The summed E-state index contributed by atoms with van der Waals surface area (Å²) in [5.74, 6) is 0.849. The number of methoxy groups -OCH3 is 1. The number of para-hydroxylation sites is 2. The zero-order valence-corrected chi connectivity index (χ0v) is 12.0. The van der Waals surface area contributed by atoms with E-state index in [9.17, 15) is 0 Å². The summed E-state index contributed by atoms with van der Waals surface area (Å²) < 4.78 is 5.33. The highest BCUT2D eigenvalue weighted by Crippen LogP contribution is 2.28. The van der Waals surface area contributed by atoms with Crippen molar-refractivity contribution < 1.29 is 4.74 Å². The summed E-state index contributed by atoms with van der Waals surface area (Å²) in [6, 6.07) is 16.5. The second-order valence-electron chi connectivity index (χ2n) is 5.65. The van der Waals surface area contributed by atoms with Gasteiger partial charge in [-0.15, -0.1) is 0 Å². The van der Waals surface area contributed by atoms with E-state index >= 15 is 0 Å². The van der Waals surface area contributed by atoms with Crippen LogP contribution in [0, 0.1) is 0 Å². The third-order valence-corrected chi connectivity index (χ3v) is 3.14. The van der Waals surface area contributed by atoms with Crippen molar-refractivity contribution in [3.05, 3.63) is 54.1 Å². The molecule has 0 aliphatic carbocycles. The first-order valence-electron chi connectivity index (χ1n) is 6.51. The fraction of sp³-hybridized carbons (Fsp3) is 0.294. The molecule has 0 atom stereocenters. The maximum absolute atomic E-state index is 5.33. The predicted octanol–water partition coefficient (Wildman–Crippen LogP) is 4.74. The lowest BCUT2D eigenvalue weighted by Gasteiger charge is -2.19. The molecule has 0 radical (unpaired) electrons. The highest BCUT2D eigenvalue weighted by Gasteiger charge is 2.12. The van der Waals surface area contributed by atoms with E-state index in [2.05, 4.69) is 50.4 Å². The molecule has 0 spiro atoms. The van der Waals surface area contributed by atoms with Gasteiger partial charge in [0.15, 0.2) is 0 Å². The van der Waals surface area contributed by atoms with Crippen LogP contribution in [0.1, 0.15) is 26.3 Å². The first kappa shape index (κ1) is 13.5. The lowest BCUT2D eigenvalue weighted by Crippen LogP contribution is -2.10. The van der Waals surface area contributed by atoms with Crippen LogP contribution >= 0.6 is 0 Å². The summed E-state index contributed by atoms with van der Waals surface area (Å²) in [7, 11) is 1.68. The van der Waals surface area contributed by atoms with E-state index in [0.717, 1.165) is 17.1 Å². The number of rotatable bonds is 3. The van der Waals surface area contributed by atoms with Gasteiger partial charge >= 0.3 is 0 Å². The van der Waals surface area contributed by atoms with Gasteiger partial charge in [-0.25, -0.2) is 0 Å². The van der Waals surface area contributed by atoms with Crippen LogP contribution < -0.4 is 10.1 Å². The molecule has 0 aliphatic heterocycles. The lowest BCUT2D eigenvalue weighted by atomic mass is 9.87. The van der Waals surface area contributed by atoms with E-state index in [1.54, 1.807) is 7.11 Å². The molecule has 0 heterocycles. The standard InChI is InChI=1S/C17H21NO/c1-17(2,3)13-9-11-14(12-10-13)18-15-7-5-6-8-16(15)19-4/h5-12,18H,1-4H3. The molecule has 2 aromatic rings. The van der Waals surface area contributed by atoms with E-state index in [1.807, 2.05) is 24.3 Å². The van der Waals surface area contributed by atoms with Gasteiger partial charge in [0.25, 0.3) is 0 Å². The average molecular weight is 255 g/mol. The SMILES string of the molecule is COc1ccccc1Nc1ccc(C(C)(C)C)cc1. The zero-order chi connectivity index (χ0) is 13.9. The van der Waals surface area contributed by atoms with Crippen molar-refractivity contribution in [2.75, 3.05) is 12.4 Å². The lowest BCUT2D eigenvalue weighted by molar-refractivity contribution is 0.417. The normalized spacial score (nSPS) is 11.2. The summed E-state index contributed by atoms with van der Waals surface area (Å²) in [6.07, 6.45) is 0. The van der Waals surface area contributed by atoms with Gasteiger partial charge in [0.05, 0.1) is 12.8 Å². The Morgan fingerprint density at radius 3 is 2.11 bits per heavy atom. The number of benzene rings is 2. The zero-order valence-electron chi connectivity index (χ0n) is 12.0. The number of anilines is 2. The van der Waals surface area contributed by atoms with Crippen molar-refractivity contribution in [2.45, 2.75) is 26.2 Å². The Morgan fingerprint density at radius 2 is 1.53 bits per heavy atom. The molecule has 0 aliphatic rings. The Hall–Kier alpha value is -1.96. The molecule has 0 saturated carbocycles. The van der Waals surface area contributed by atoms with Gasteiger partial charge < -0.3 is 10.1 Å². The van der Waals surface area contributed by atoms with Crippen LogP contribution in [0.25, 0.3) is 0 Å². The molecule has 0 amide bonds. The van der Waals surface area contributed by atoms with Gasteiger partial charge in [0, 0.05) is 5.69 Å². The average Bonchev–Trinajstić information content (AvgIpc) is 2.39. The Bertz CT molecular complexity index is 538. The second-order valence-corrected chi connectivity index (χ2v) is 5.65. The third kappa shape index (κ3) is 3.28. The topological polar surface area (TPSA) is 21.3 Å². The smallest absolute Gasteiger partial charge is 0.142 e. The molecule has 100 valence electrons. The maximum Gasteiger partial charge on any atom is 0.142 e. The third-order valence-electron chi connectivity index (χ3n) is 3.14. The Balaban J connectivity index is 2.20. The van der Waals surface area contributed by atoms with Crippen molar-refractivity contribution in [3.63, 3.8) is 0 Å². The summed E-state index contributed by atoms with van der Waals surface area (Å²) in [6.45, 7) is 6.65. The van der Waals surface area contributed by atoms with Crippen LogP contribution in [0.15, 0.2) is 48.5 Å². The van der Waals surface area contributed by atoms with Crippen LogP contribution in [-0.4, -0.2) is 7.11 Å². The van der Waals surface area contributed by atoms with E-state index in [1.165, 1.54) is 5.56 Å². The Kier molecular flexibility index (Phi) is 3.79. The van der Waals surface area contributed by atoms with Gasteiger partial charge in [0.2, 0.25) is 0 Å². The summed E-state index contributed by atoms with van der Waals surface area (Å²) in [5, 5.41) is 3.38. The minimum Gasteiger partial charge on any atom is -0.495 e. The molecule has 0 bridgehead atoms. The molecule has 0 saturated heterocycles. The molecule has 0 unspecified atom stereocenters. The van der Waals surface area contributed by atoms with E-state index in [4.69, 9.17) is 4.74 Å². The summed E-state index contributed by atoms with van der Waals surface area (Å²) in [5.41, 5.74) is 3.56. The van der Waals surface area contributed by atoms with E-state index in [0.29, 0.717) is 0 Å². The largest absolute Gasteiger partial charge is 0.495 e. The fourth-order valence-electron chi connectivity index (χ4n) is 1.96. The first-order chi connectivity index (χ1) is 9.00. The molecule has 2 rings (SSSR count). The van der Waals surface area contributed by atoms with Crippen LogP contribution in [0.2, 0.25) is 0 Å². The number of hydrogen-bond acceptors (Lipinski definition) is 2. The highest BCUT2D eigenvalue weighted by molar-refractivity contribution is 5.66. The second kappa shape index (κ2) is 5.35. The van der Waals surface area contributed by atoms with Crippen molar-refractivity contribution in [1.82, 2.24) is 0 Å². The maximum atomic E-state index is 5.33. The van der Waals surface area contributed by atoms with Gasteiger partial charge in [-0.2, -0.15) is 0 Å². The predicted molar refractivity (Wildman–Crippen MR) is 81.4 cm³/mol. The van der Waals surface area contributed by atoms with Crippen LogP contribution in [0.4, 0.5) is 11.4 Å². The number of ether oxygens (including phenoxy) is 1. The van der Waals surface area contributed by atoms with E-state index in [-0.39, 0.29) is 5.41 Å². The fourth-order valence-corrected chi connectivity index (χ4v) is 1.96. The monoisotopic (exact) mass is 255 g/mol. The quantitative estimate of drug-likeness (QED) is 0.855. The number of nitrogens with one attached hydrogen (secondary N) is 1. The molecular weight excluding hydrogens is 234 g/mol. The molecule has 0 aromatic heterocycles. The van der Waals surface area contributed by atoms with Crippen molar-refractivity contribution in [1.29, 1.82) is 0 Å². The first-order valence-corrected chi connectivity index (χ1v) is 6.51. The number of hydrogen-bond donors (Lipinski definition) is 1. The van der Waals surface area contributed by atoms with Gasteiger partial charge in [-0.1, -0.05) is 45.0 Å². The highest BCUT2D eigenvalue weighted by atomic mass is 16.5. The van der Waals surface area contributed by atoms with Gasteiger partial charge in [-0.05, 0) is 35.2 Å². The summed E-state index contributed by atoms with van der Waals surface area (Å²) in [4.78, 5) is 0.